The van der Waals surface area contributed by atoms with Gasteiger partial charge in [-0.25, -0.2) is 13.9 Å². The molecule has 4 N–H and O–H groups in total. The summed E-state index contributed by atoms with van der Waals surface area (Å²) in [6, 6.07) is 0.840. The molecule has 0 radical (unpaired) electrons. The van der Waals surface area contributed by atoms with Crippen molar-refractivity contribution >= 4 is 17.2 Å². The molecule has 200 valence electrons. The lowest BCUT2D eigenvalue weighted by Crippen LogP contribution is -2.43. The largest absolute Gasteiger partial charge is 0.418 e. The number of carbonyl (C=O) groups excluding carboxylic acids is 1. The fourth-order valence-corrected chi connectivity index (χ4v) is 4.11. The van der Waals surface area contributed by atoms with Crippen LogP contribution in [-0.2, 0) is 6.18 Å². The van der Waals surface area contributed by atoms with Gasteiger partial charge < -0.3 is 16.2 Å². The molecule has 37 heavy (non-hydrogen) atoms. The van der Waals surface area contributed by atoms with Gasteiger partial charge in [0, 0.05) is 31.4 Å². The van der Waals surface area contributed by atoms with Crippen LogP contribution >= 0.6 is 0 Å². The molecule has 1 amide bonds. The predicted octanol–water partition coefficient (Wildman–Crippen LogP) is 2.38. The summed E-state index contributed by atoms with van der Waals surface area (Å²) in [5.74, 6) is -1.24. The number of anilines is 1. The second-order valence-electron chi connectivity index (χ2n) is 8.58. The number of halogens is 7. The number of nitrogens with one attached hydrogen (secondary N) is 1. The molecule has 1 aliphatic rings. The van der Waals surface area contributed by atoms with Crippen molar-refractivity contribution in [2.45, 2.75) is 37.6 Å². The Kier molecular flexibility index (Phi) is 6.74. The van der Waals surface area contributed by atoms with E-state index >= 15 is 0 Å². The van der Waals surface area contributed by atoms with Crippen LogP contribution in [0.1, 0.15) is 21.6 Å². The summed E-state index contributed by atoms with van der Waals surface area (Å²) in [5.41, 5.74) is 4.12. The van der Waals surface area contributed by atoms with Gasteiger partial charge in [0.25, 0.3) is 5.91 Å². The molecule has 9 nitrogen and oxygen atoms in total. The number of nitrogens with two attached hydrogens (primary N) is 1. The van der Waals surface area contributed by atoms with E-state index in [-0.39, 0.29) is 29.1 Å². The Labute approximate surface area is 204 Å². The molecule has 0 spiro atoms. The van der Waals surface area contributed by atoms with E-state index in [9.17, 15) is 40.6 Å². The number of aliphatic hydroxyl groups is 1. The topological polar surface area (TPSA) is 122 Å². The van der Waals surface area contributed by atoms with Gasteiger partial charge in [0.1, 0.15) is 18.0 Å². The van der Waals surface area contributed by atoms with E-state index in [0.717, 1.165) is 21.8 Å². The maximum Gasteiger partial charge on any atom is 0.418 e. The zero-order chi connectivity index (χ0) is 27.3. The summed E-state index contributed by atoms with van der Waals surface area (Å²) < 4.78 is 94.1. The van der Waals surface area contributed by atoms with E-state index in [0.29, 0.717) is 0 Å². The van der Waals surface area contributed by atoms with E-state index in [1.165, 1.54) is 19.2 Å². The van der Waals surface area contributed by atoms with Crippen molar-refractivity contribution in [3.05, 3.63) is 41.5 Å². The van der Waals surface area contributed by atoms with Gasteiger partial charge >= 0.3 is 12.4 Å². The molecule has 3 atom stereocenters. The summed E-state index contributed by atoms with van der Waals surface area (Å²) in [7, 11) is 0. The molecule has 1 saturated heterocycles. The Morgan fingerprint density at radius 2 is 1.92 bits per heavy atom. The first kappa shape index (κ1) is 26.5. The first-order chi connectivity index (χ1) is 17.2. The van der Waals surface area contributed by atoms with Crippen molar-refractivity contribution in [1.29, 1.82) is 0 Å². The van der Waals surface area contributed by atoms with Gasteiger partial charge in [0.2, 0.25) is 0 Å². The number of alkyl halides is 7. The highest BCUT2D eigenvalue weighted by Crippen LogP contribution is 2.38. The first-order valence-electron chi connectivity index (χ1n) is 10.7. The Morgan fingerprint density at radius 3 is 2.57 bits per heavy atom. The lowest BCUT2D eigenvalue weighted by Gasteiger charge is -2.21. The molecule has 1 fully saturated rings. The minimum absolute atomic E-state index is 0.0671. The van der Waals surface area contributed by atoms with Gasteiger partial charge in [0.15, 0.2) is 11.9 Å². The molecule has 0 saturated carbocycles. The third-order valence-corrected chi connectivity index (χ3v) is 5.96. The van der Waals surface area contributed by atoms with Crippen LogP contribution in [0.25, 0.3) is 16.8 Å². The second kappa shape index (κ2) is 9.41. The number of rotatable bonds is 5. The average Bonchev–Trinajstić information content (AvgIpc) is 3.34. The Hall–Kier alpha value is -3.53. The monoisotopic (exact) mass is 535 g/mol. The highest BCUT2D eigenvalue weighted by atomic mass is 19.4. The molecule has 3 aromatic rings. The fraction of sp³-hybridized carbons (Fsp3) is 0.429. The summed E-state index contributed by atoms with van der Waals surface area (Å²) >= 11 is 0. The van der Waals surface area contributed by atoms with E-state index < -0.39 is 66.6 Å². The quantitative estimate of drug-likeness (QED) is 0.429. The van der Waals surface area contributed by atoms with E-state index in [2.05, 4.69) is 20.4 Å². The lowest BCUT2D eigenvalue weighted by molar-refractivity contribution is -0.207. The number of carbonyl (C=O) groups is 1. The fourth-order valence-electron chi connectivity index (χ4n) is 4.11. The van der Waals surface area contributed by atoms with Crippen LogP contribution in [0.4, 0.5) is 36.6 Å². The number of nitrogens with zero attached hydrogens (tertiary/aromatic N) is 5. The van der Waals surface area contributed by atoms with Crippen LogP contribution in [0.3, 0.4) is 0 Å². The predicted molar refractivity (Wildman–Crippen MR) is 115 cm³/mol. The molecule has 0 aromatic carbocycles. The maximum atomic E-state index is 14.5. The Balaban J connectivity index is 1.60. The van der Waals surface area contributed by atoms with Gasteiger partial charge in [-0.1, -0.05) is 0 Å². The molecule has 0 aliphatic carbocycles. The molecule has 3 aromatic heterocycles. The smallest absolute Gasteiger partial charge is 0.382 e. The van der Waals surface area contributed by atoms with Crippen molar-refractivity contribution < 1.29 is 40.6 Å². The molecule has 1 aliphatic heterocycles. The van der Waals surface area contributed by atoms with E-state index in [1.807, 2.05) is 0 Å². The minimum Gasteiger partial charge on any atom is -0.382 e. The van der Waals surface area contributed by atoms with Crippen LogP contribution in [0.2, 0.25) is 0 Å². The van der Waals surface area contributed by atoms with Gasteiger partial charge in [0.05, 0.1) is 28.6 Å². The molecule has 4 heterocycles. The number of hydrogen-bond donors (Lipinski definition) is 3. The molecule has 4 rings (SSSR count). The number of likely N-dealkylation sites (tertiary alicyclic amines) is 1. The average molecular weight is 535 g/mol. The number of aromatic nitrogens is 4. The van der Waals surface area contributed by atoms with Gasteiger partial charge in [-0.05, 0) is 19.1 Å². The number of nitrogen functional groups attached to an aromatic ring is 1. The second-order valence-corrected chi connectivity index (χ2v) is 8.58. The molecule has 0 bridgehead atoms. The van der Waals surface area contributed by atoms with E-state index in [4.69, 9.17) is 5.73 Å². The summed E-state index contributed by atoms with van der Waals surface area (Å²) in [6.45, 7) is -0.141. The van der Waals surface area contributed by atoms with Crippen molar-refractivity contribution in [2.24, 2.45) is 0 Å². The van der Waals surface area contributed by atoms with Crippen molar-refractivity contribution in [2.75, 3.05) is 25.4 Å². The van der Waals surface area contributed by atoms with Crippen molar-refractivity contribution in [3.63, 3.8) is 0 Å². The highest BCUT2D eigenvalue weighted by molar-refractivity contribution is 5.96. The SMILES string of the molecule is Cc1ncc(-c2cc(C(F)(F)F)c3c(N)ncnn23)cc1C(=O)N[C@@H]1CN(CC(O)C(F)(F)F)C[C@@H]1F. The van der Waals surface area contributed by atoms with Crippen molar-refractivity contribution in [3.8, 4) is 11.3 Å². The summed E-state index contributed by atoms with van der Waals surface area (Å²) in [4.78, 5) is 21.6. The van der Waals surface area contributed by atoms with Crippen LogP contribution in [0.5, 0.6) is 0 Å². The number of aryl methyl sites for hydroxylation is 1. The Morgan fingerprint density at radius 1 is 1.22 bits per heavy atom. The molecular formula is C21H20F7N7O2. The first-order valence-corrected chi connectivity index (χ1v) is 10.7. The standard InChI is InChI=1S/C21H20F7N7O2/c1-9-11(19(37)33-14-6-34(5-13(14)22)7-16(36)21(26,27)28)2-10(4-30-9)15-3-12(20(23,24)25)17-18(29)31-8-32-35(15)17/h2-4,8,13-14,16,36H,5-7H2,1H3,(H,33,37)(H2,29,31,32)/t13-,14+,16?/m0/s1. The third-order valence-electron chi connectivity index (χ3n) is 5.96. The minimum atomic E-state index is -4.87. The normalized spacial score (nSPS) is 19.9. The Bertz CT molecular complexity index is 1330. The van der Waals surface area contributed by atoms with Crippen LogP contribution in [-0.4, -0.2) is 79.6 Å². The van der Waals surface area contributed by atoms with Crippen LogP contribution in [0.15, 0.2) is 24.7 Å². The maximum absolute atomic E-state index is 14.5. The summed E-state index contributed by atoms with van der Waals surface area (Å²) in [6.07, 6.45) is -11.9. The van der Waals surface area contributed by atoms with Crippen LogP contribution < -0.4 is 11.1 Å². The number of pyridine rings is 1. The number of hydrogen-bond acceptors (Lipinski definition) is 7. The van der Waals surface area contributed by atoms with Crippen LogP contribution in [0, 0.1) is 6.92 Å². The van der Waals surface area contributed by atoms with Crippen molar-refractivity contribution in [1.82, 2.24) is 29.8 Å². The number of aliphatic hydroxyl groups excluding tert-OH is 1. The van der Waals surface area contributed by atoms with Gasteiger partial charge in [-0.3, -0.25) is 14.7 Å². The zero-order valence-electron chi connectivity index (χ0n) is 19.0. The molecular weight excluding hydrogens is 515 g/mol. The van der Waals surface area contributed by atoms with Gasteiger partial charge in [-0.15, -0.1) is 0 Å². The highest BCUT2D eigenvalue weighted by Gasteiger charge is 2.42. The zero-order valence-corrected chi connectivity index (χ0v) is 19.0. The number of β-amino-alcohol motifs (C(OH)–C–C–N with tert-alkyl or cyclic N) is 1. The molecule has 16 heteroatoms. The number of fused-ring (bicyclic) bond motifs is 1. The third kappa shape index (κ3) is 5.29. The van der Waals surface area contributed by atoms with E-state index in [1.54, 1.807) is 0 Å². The summed E-state index contributed by atoms with van der Waals surface area (Å²) in [5, 5.41) is 15.4. The molecule has 1 unspecified atom stereocenters. The lowest BCUT2D eigenvalue weighted by atomic mass is 10.1. The number of amides is 1. The van der Waals surface area contributed by atoms with Gasteiger partial charge in [-0.2, -0.15) is 31.4 Å².